The summed E-state index contributed by atoms with van der Waals surface area (Å²) in [5, 5.41) is 5.23. The molecule has 0 aliphatic heterocycles. The van der Waals surface area contributed by atoms with Crippen molar-refractivity contribution >= 4 is 26.3 Å². The molecule has 0 spiro atoms. The van der Waals surface area contributed by atoms with Gasteiger partial charge in [0, 0.05) is 6.54 Å². The van der Waals surface area contributed by atoms with Gasteiger partial charge in [0.05, 0.1) is 5.69 Å². The summed E-state index contributed by atoms with van der Waals surface area (Å²) in [5.74, 6) is -0.00996. The van der Waals surface area contributed by atoms with Crippen molar-refractivity contribution in [3.8, 4) is 0 Å². The van der Waals surface area contributed by atoms with Crippen molar-refractivity contribution in [2.75, 3.05) is 0 Å². The molecule has 1 aromatic carbocycles. The summed E-state index contributed by atoms with van der Waals surface area (Å²) in [7, 11) is -3.73. The normalized spacial score (nSPS) is 12.4. The maximum absolute atomic E-state index is 12.9. The van der Waals surface area contributed by atoms with Crippen LogP contribution >= 0.6 is 11.3 Å². The van der Waals surface area contributed by atoms with Crippen molar-refractivity contribution in [3.63, 3.8) is 0 Å². The summed E-state index contributed by atoms with van der Waals surface area (Å²) in [5.41, 5.74) is 2.54. The molecule has 3 rings (SSSR count). The van der Waals surface area contributed by atoms with E-state index >= 15 is 0 Å². The Balaban J connectivity index is 2.01. The van der Waals surface area contributed by atoms with Crippen LogP contribution in [0.5, 0.6) is 0 Å². The molecule has 0 unspecified atom stereocenters. The van der Waals surface area contributed by atoms with E-state index in [1.807, 2.05) is 52.0 Å². The van der Waals surface area contributed by atoms with Crippen LogP contribution in [0, 0.1) is 13.8 Å². The van der Waals surface area contributed by atoms with Crippen molar-refractivity contribution in [1.29, 1.82) is 0 Å². The fraction of sp³-hybridized carbons (Fsp3) is 0.375. The minimum atomic E-state index is -3.73. The lowest BCUT2D eigenvalue weighted by Gasteiger charge is -2.10. The lowest BCUT2D eigenvalue weighted by Crippen LogP contribution is -2.26. The fourth-order valence-corrected chi connectivity index (χ4v) is 4.72. The predicted octanol–water partition coefficient (Wildman–Crippen LogP) is 3.01. The molecule has 128 valence electrons. The van der Waals surface area contributed by atoms with E-state index in [-0.39, 0.29) is 17.5 Å². The third-order valence-electron chi connectivity index (χ3n) is 3.80. The van der Waals surface area contributed by atoms with E-state index in [4.69, 9.17) is 0 Å². The molecule has 3 aromatic rings. The molecule has 0 radical (unpaired) electrons. The minimum Gasteiger partial charge on any atom is -0.221 e. The number of rotatable bonds is 5. The molecule has 0 aliphatic carbocycles. The first-order valence-corrected chi connectivity index (χ1v) is 10.00. The summed E-state index contributed by atoms with van der Waals surface area (Å²) >= 11 is 1.39. The number of sulfonamides is 1. The number of aromatic nitrogens is 3. The lowest BCUT2D eigenvalue weighted by molar-refractivity contribution is 0.569. The van der Waals surface area contributed by atoms with Crippen molar-refractivity contribution in [3.05, 3.63) is 46.1 Å². The first kappa shape index (κ1) is 17.1. The Kier molecular flexibility index (Phi) is 4.46. The van der Waals surface area contributed by atoms with Crippen molar-refractivity contribution in [2.45, 2.75) is 45.2 Å². The van der Waals surface area contributed by atoms with Gasteiger partial charge in [0.2, 0.25) is 4.96 Å². The second-order valence-corrected chi connectivity index (χ2v) is 8.87. The number of nitrogens with one attached hydrogen (secondary N) is 1. The van der Waals surface area contributed by atoms with Gasteiger partial charge in [-0.05, 0) is 30.9 Å². The molecule has 6 nitrogen and oxygen atoms in total. The van der Waals surface area contributed by atoms with Gasteiger partial charge in [-0.15, -0.1) is 0 Å². The fourth-order valence-electron chi connectivity index (χ4n) is 2.52. The van der Waals surface area contributed by atoms with Crippen molar-refractivity contribution in [2.24, 2.45) is 0 Å². The third kappa shape index (κ3) is 3.09. The van der Waals surface area contributed by atoms with Crippen LogP contribution in [0.1, 0.15) is 41.6 Å². The van der Waals surface area contributed by atoms with E-state index in [9.17, 15) is 8.42 Å². The highest BCUT2D eigenvalue weighted by atomic mass is 32.2. The Morgan fingerprint density at radius 3 is 2.62 bits per heavy atom. The SMILES string of the molecule is Cc1nn2c(S(=O)(=O)NCc3ccccc3C)c(C(C)C)nc2s1. The maximum atomic E-state index is 12.9. The van der Waals surface area contributed by atoms with E-state index < -0.39 is 10.0 Å². The Morgan fingerprint density at radius 2 is 1.96 bits per heavy atom. The van der Waals surface area contributed by atoms with Gasteiger partial charge in [-0.1, -0.05) is 49.4 Å². The Hall–Kier alpha value is -1.77. The number of aryl methyl sites for hydroxylation is 2. The highest BCUT2D eigenvalue weighted by Crippen LogP contribution is 2.27. The largest absolute Gasteiger partial charge is 0.260 e. The molecule has 8 heteroatoms. The summed E-state index contributed by atoms with van der Waals surface area (Å²) in [4.78, 5) is 5.08. The van der Waals surface area contributed by atoms with E-state index in [1.165, 1.54) is 15.9 Å². The van der Waals surface area contributed by atoms with Crippen LogP contribution in [0.4, 0.5) is 0 Å². The van der Waals surface area contributed by atoms with Crippen LogP contribution in [-0.2, 0) is 16.6 Å². The van der Waals surface area contributed by atoms with E-state index in [0.717, 1.165) is 16.1 Å². The van der Waals surface area contributed by atoms with Gasteiger partial charge in [-0.25, -0.2) is 18.1 Å². The summed E-state index contributed by atoms with van der Waals surface area (Å²) in [6.07, 6.45) is 0. The molecule has 0 bridgehead atoms. The van der Waals surface area contributed by atoms with Gasteiger partial charge < -0.3 is 0 Å². The first-order chi connectivity index (χ1) is 11.3. The average molecular weight is 364 g/mol. The summed E-state index contributed by atoms with van der Waals surface area (Å²) in [6, 6.07) is 7.71. The van der Waals surface area contributed by atoms with E-state index in [2.05, 4.69) is 14.8 Å². The van der Waals surface area contributed by atoms with Crippen LogP contribution in [0.2, 0.25) is 0 Å². The number of hydrogen-bond acceptors (Lipinski definition) is 5. The van der Waals surface area contributed by atoms with Crippen molar-refractivity contribution in [1.82, 2.24) is 19.3 Å². The molecule has 0 atom stereocenters. The number of hydrogen-bond donors (Lipinski definition) is 1. The van der Waals surface area contributed by atoms with Gasteiger partial charge in [-0.3, -0.25) is 0 Å². The Labute approximate surface area is 145 Å². The molecule has 0 saturated heterocycles. The van der Waals surface area contributed by atoms with E-state index in [1.54, 1.807) is 0 Å². The van der Waals surface area contributed by atoms with Crippen LogP contribution < -0.4 is 4.72 Å². The maximum Gasteiger partial charge on any atom is 0.260 e. The van der Waals surface area contributed by atoms with Gasteiger partial charge in [-0.2, -0.15) is 9.61 Å². The van der Waals surface area contributed by atoms with Gasteiger partial charge >= 0.3 is 0 Å². The molecule has 0 fully saturated rings. The molecule has 0 saturated carbocycles. The third-order valence-corrected chi connectivity index (χ3v) is 6.04. The lowest BCUT2D eigenvalue weighted by atomic mass is 10.1. The molecule has 2 heterocycles. The predicted molar refractivity (Wildman–Crippen MR) is 94.9 cm³/mol. The van der Waals surface area contributed by atoms with Gasteiger partial charge in [0.1, 0.15) is 5.01 Å². The highest BCUT2D eigenvalue weighted by molar-refractivity contribution is 7.89. The number of fused-ring (bicyclic) bond motifs is 1. The van der Waals surface area contributed by atoms with Crippen LogP contribution in [0.3, 0.4) is 0 Å². The van der Waals surface area contributed by atoms with Crippen LogP contribution in [0.25, 0.3) is 4.96 Å². The molecular weight excluding hydrogens is 344 g/mol. The number of nitrogens with zero attached hydrogens (tertiary/aromatic N) is 3. The summed E-state index contributed by atoms with van der Waals surface area (Å²) in [6.45, 7) is 7.90. The Bertz CT molecular complexity index is 987. The first-order valence-electron chi connectivity index (χ1n) is 7.70. The summed E-state index contributed by atoms with van der Waals surface area (Å²) < 4.78 is 30.0. The number of benzene rings is 1. The van der Waals surface area contributed by atoms with Crippen LogP contribution in [0.15, 0.2) is 29.3 Å². The molecule has 24 heavy (non-hydrogen) atoms. The molecule has 0 amide bonds. The topological polar surface area (TPSA) is 76.4 Å². The second kappa shape index (κ2) is 6.27. The van der Waals surface area contributed by atoms with Gasteiger partial charge in [0.25, 0.3) is 10.0 Å². The smallest absolute Gasteiger partial charge is 0.221 e. The highest BCUT2D eigenvalue weighted by Gasteiger charge is 2.28. The Morgan fingerprint density at radius 1 is 1.25 bits per heavy atom. The van der Waals surface area contributed by atoms with Gasteiger partial charge in [0.15, 0.2) is 5.03 Å². The zero-order valence-corrected chi connectivity index (χ0v) is 15.7. The average Bonchev–Trinajstić information content (AvgIpc) is 3.02. The van der Waals surface area contributed by atoms with Crippen molar-refractivity contribution < 1.29 is 8.42 Å². The zero-order chi connectivity index (χ0) is 17.5. The zero-order valence-electron chi connectivity index (χ0n) is 14.1. The second-order valence-electron chi connectivity index (χ2n) is 6.02. The monoisotopic (exact) mass is 364 g/mol. The molecule has 0 aliphatic rings. The molecule has 1 N–H and O–H groups in total. The van der Waals surface area contributed by atoms with E-state index in [0.29, 0.717) is 10.7 Å². The molecule has 2 aromatic heterocycles. The minimum absolute atomic E-state index is 0.00996. The molecular formula is C16H20N4O2S2. The quantitative estimate of drug-likeness (QED) is 0.755. The van der Waals surface area contributed by atoms with Crippen LogP contribution in [-0.4, -0.2) is 23.0 Å². The number of imidazole rings is 1. The standard InChI is InChI=1S/C16H20N4O2S2/c1-10(2)14-15(20-16(18-14)23-12(4)19-20)24(21,22)17-9-13-8-6-5-7-11(13)3/h5-8,10,17H,9H2,1-4H3.